The molecule has 0 aromatic heterocycles. The third kappa shape index (κ3) is 3.11. The van der Waals surface area contributed by atoms with Crippen LogP contribution in [0.1, 0.15) is 6.42 Å². The normalized spacial score (nSPS) is 26.8. The zero-order valence-corrected chi connectivity index (χ0v) is 13.3. The number of sulfone groups is 1. The summed E-state index contributed by atoms with van der Waals surface area (Å²) >= 11 is 5.86. The zero-order valence-electron chi connectivity index (χ0n) is 11.8. The van der Waals surface area contributed by atoms with Crippen molar-refractivity contribution in [3.05, 3.63) is 29.0 Å². The molecule has 0 unspecified atom stereocenters. The van der Waals surface area contributed by atoms with Crippen LogP contribution in [0.3, 0.4) is 0 Å². The average molecular weight is 347 g/mol. The van der Waals surface area contributed by atoms with Gasteiger partial charge in [-0.15, -0.1) is 0 Å². The third-order valence-electron chi connectivity index (χ3n) is 4.26. The van der Waals surface area contributed by atoms with E-state index in [9.17, 15) is 17.6 Å². The molecule has 1 aromatic carbocycles. The van der Waals surface area contributed by atoms with Gasteiger partial charge in [0, 0.05) is 13.1 Å². The molecule has 120 valence electrons. The summed E-state index contributed by atoms with van der Waals surface area (Å²) in [6, 6.07) is 3.75. The molecule has 8 heteroatoms. The third-order valence-corrected chi connectivity index (χ3v) is 6.84. The van der Waals surface area contributed by atoms with Crippen LogP contribution in [-0.2, 0) is 14.6 Å². The van der Waals surface area contributed by atoms with Crippen molar-refractivity contribution in [3.8, 4) is 0 Å². The van der Waals surface area contributed by atoms with E-state index in [0.717, 1.165) is 6.07 Å². The number of anilines is 1. The first-order valence-corrected chi connectivity index (χ1v) is 9.13. The Kier molecular flexibility index (Phi) is 4.13. The first kappa shape index (κ1) is 15.7. The van der Waals surface area contributed by atoms with Crippen LogP contribution in [0.4, 0.5) is 10.1 Å². The summed E-state index contributed by atoms with van der Waals surface area (Å²) in [6.07, 6.45) is 0.676. The average Bonchev–Trinajstić information content (AvgIpc) is 2.94. The summed E-state index contributed by atoms with van der Waals surface area (Å²) in [6.45, 7) is 1.13. The van der Waals surface area contributed by atoms with E-state index in [0.29, 0.717) is 25.2 Å². The SMILES string of the molecule is O=C(CN1C[C@@H]2CCS(=O)(=O)[C@@H]2C1)Nc1ccc(F)cc1Cl. The predicted molar refractivity (Wildman–Crippen MR) is 82.2 cm³/mol. The van der Waals surface area contributed by atoms with E-state index < -0.39 is 15.7 Å². The van der Waals surface area contributed by atoms with Crippen molar-refractivity contribution in [1.29, 1.82) is 0 Å². The lowest BCUT2D eigenvalue weighted by Crippen LogP contribution is -2.34. The first-order valence-electron chi connectivity index (χ1n) is 7.04. The number of carbonyl (C=O) groups is 1. The van der Waals surface area contributed by atoms with Gasteiger partial charge in [0.25, 0.3) is 0 Å². The highest BCUT2D eigenvalue weighted by molar-refractivity contribution is 7.92. The highest BCUT2D eigenvalue weighted by atomic mass is 35.5. The number of nitrogens with zero attached hydrogens (tertiary/aromatic N) is 1. The molecular formula is C14H16ClFN2O3S. The van der Waals surface area contributed by atoms with Crippen LogP contribution in [-0.4, -0.2) is 49.9 Å². The number of hydrogen-bond donors (Lipinski definition) is 1. The van der Waals surface area contributed by atoms with E-state index in [1.54, 1.807) is 0 Å². The number of nitrogens with one attached hydrogen (secondary N) is 1. The minimum atomic E-state index is -3.00. The van der Waals surface area contributed by atoms with Gasteiger partial charge in [-0.2, -0.15) is 0 Å². The van der Waals surface area contributed by atoms with Gasteiger partial charge in [0.15, 0.2) is 9.84 Å². The zero-order chi connectivity index (χ0) is 15.9. The number of fused-ring (bicyclic) bond motifs is 1. The van der Waals surface area contributed by atoms with Crippen molar-refractivity contribution < 1.29 is 17.6 Å². The molecular weight excluding hydrogens is 331 g/mol. The lowest BCUT2D eigenvalue weighted by atomic mass is 10.1. The predicted octanol–water partition coefficient (Wildman–Crippen LogP) is 1.54. The minimum absolute atomic E-state index is 0.107. The molecule has 22 heavy (non-hydrogen) atoms. The standard InChI is InChI=1S/C14H16ClFN2O3S/c15-11-5-10(16)1-2-12(11)17-14(19)8-18-6-9-3-4-22(20,21)13(9)7-18/h1-2,5,9,13H,3-4,6-8H2,(H,17,19)/t9-,13+/m0/s1. The Morgan fingerprint density at radius 2 is 2.18 bits per heavy atom. The van der Waals surface area contributed by atoms with Crippen LogP contribution in [0, 0.1) is 11.7 Å². The molecule has 2 aliphatic rings. The molecule has 0 radical (unpaired) electrons. The molecule has 2 fully saturated rings. The fourth-order valence-corrected chi connectivity index (χ4v) is 5.59. The molecule has 1 amide bonds. The van der Waals surface area contributed by atoms with Gasteiger partial charge in [-0.05, 0) is 30.5 Å². The van der Waals surface area contributed by atoms with Crippen molar-refractivity contribution in [1.82, 2.24) is 4.90 Å². The number of amides is 1. The van der Waals surface area contributed by atoms with Crippen molar-refractivity contribution in [2.45, 2.75) is 11.7 Å². The molecule has 2 saturated heterocycles. The maximum absolute atomic E-state index is 13.0. The van der Waals surface area contributed by atoms with Gasteiger partial charge in [0.2, 0.25) is 5.91 Å². The second-order valence-corrected chi connectivity index (χ2v) is 8.57. The largest absolute Gasteiger partial charge is 0.324 e. The summed E-state index contributed by atoms with van der Waals surface area (Å²) in [4.78, 5) is 13.9. The lowest BCUT2D eigenvalue weighted by Gasteiger charge is -2.16. The number of likely N-dealkylation sites (tertiary alicyclic amines) is 1. The van der Waals surface area contributed by atoms with E-state index in [1.165, 1.54) is 12.1 Å². The van der Waals surface area contributed by atoms with E-state index in [1.807, 2.05) is 4.90 Å². The molecule has 1 aromatic rings. The van der Waals surface area contributed by atoms with Crippen molar-refractivity contribution in [2.75, 3.05) is 30.7 Å². The molecule has 5 nitrogen and oxygen atoms in total. The topological polar surface area (TPSA) is 66.5 Å². The molecule has 0 spiro atoms. The number of carbonyl (C=O) groups excluding carboxylic acids is 1. The van der Waals surface area contributed by atoms with Crippen molar-refractivity contribution >= 4 is 33.0 Å². The van der Waals surface area contributed by atoms with Crippen LogP contribution in [0.5, 0.6) is 0 Å². The highest BCUT2D eigenvalue weighted by Crippen LogP contribution is 2.33. The lowest BCUT2D eigenvalue weighted by molar-refractivity contribution is -0.117. The molecule has 2 aliphatic heterocycles. The number of halogens is 2. The van der Waals surface area contributed by atoms with Gasteiger partial charge in [-0.1, -0.05) is 11.6 Å². The Balaban J connectivity index is 1.59. The number of rotatable bonds is 3. The van der Waals surface area contributed by atoms with Crippen LogP contribution in [0.15, 0.2) is 18.2 Å². The molecule has 2 atom stereocenters. The number of benzene rings is 1. The van der Waals surface area contributed by atoms with Gasteiger partial charge in [0.05, 0.1) is 28.3 Å². The van der Waals surface area contributed by atoms with Gasteiger partial charge in [-0.25, -0.2) is 12.8 Å². The van der Waals surface area contributed by atoms with E-state index in [4.69, 9.17) is 11.6 Å². The van der Waals surface area contributed by atoms with Crippen molar-refractivity contribution in [3.63, 3.8) is 0 Å². The summed E-state index contributed by atoms with van der Waals surface area (Å²) in [7, 11) is -3.00. The molecule has 0 saturated carbocycles. The van der Waals surface area contributed by atoms with Gasteiger partial charge in [0.1, 0.15) is 5.82 Å². The molecule has 1 N–H and O–H groups in total. The second kappa shape index (κ2) is 5.79. The van der Waals surface area contributed by atoms with Gasteiger partial charge in [-0.3, -0.25) is 9.69 Å². The van der Waals surface area contributed by atoms with E-state index in [-0.39, 0.29) is 34.4 Å². The quantitative estimate of drug-likeness (QED) is 0.901. The Labute approximate surface area is 133 Å². The maximum atomic E-state index is 13.0. The van der Waals surface area contributed by atoms with E-state index in [2.05, 4.69) is 5.32 Å². The first-order chi connectivity index (χ1) is 10.3. The summed E-state index contributed by atoms with van der Waals surface area (Å²) in [5, 5.41) is 2.42. The molecule has 2 heterocycles. The minimum Gasteiger partial charge on any atom is -0.324 e. The number of hydrogen-bond acceptors (Lipinski definition) is 4. The van der Waals surface area contributed by atoms with Crippen LogP contribution in [0.25, 0.3) is 0 Å². The monoisotopic (exact) mass is 346 g/mol. The summed E-state index contributed by atoms with van der Waals surface area (Å²) in [5.41, 5.74) is 0.347. The van der Waals surface area contributed by atoms with Gasteiger partial charge < -0.3 is 5.32 Å². The highest BCUT2D eigenvalue weighted by Gasteiger charge is 2.46. The maximum Gasteiger partial charge on any atom is 0.238 e. The smallest absolute Gasteiger partial charge is 0.238 e. The Morgan fingerprint density at radius 3 is 2.86 bits per heavy atom. The summed E-state index contributed by atoms with van der Waals surface area (Å²) in [5.74, 6) is -0.369. The van der Waals surface area contributed by atoms with Crippen LogP contribution >= 0.6 is 11.6 Å². The van der Waals surface area contributed by atoms with Crippen LogP contribution < -0.4 is 5.32 Å². The second-order valence-electron chi connectivity index (χ2n) is 5.82. The molecule has 0 aliphatic carbocycles. The Bertz CT molecular complexity index is 710. The summed E-state index contributed by atoms with van der Waals surface area (Å²) < 4.78 is 36.7. The molecule has 3 rings (SSSR count). The fourth-order valence-electron chi connectivity index (χ4n) is 3.19. The molecule has 0 bridgehead atoms. The van der Waals surface area contributed by atoms with Crippen LogP contribution in [0.2, 0.25) is 5.02 Å². The fraction of sp³-hybridized carbons (Fsp3) is 0.500. The van der Waals surface area contributed by atoms with Crippen molar-refractivity contribution in [2.24, 2.45) is 5.92 Å². The Morgan fingerprint density at radius 1 is 1.41 bits per heavy atom. The van der Waals surface area contributed by atoms with E-state index >= 15 is 0 Å². The van der Waals surface area contributed by atoms with Gasteiger partial charge >= 0.3 is 0 Å². The Hall–Kier alpha value is -1.18.